The molecule has 0 fully saturated rings. The Bertz CT molecular complexity index is 1090. The summed E-state index contributed by atoms with van der Waals surface area (Å²) in [5.41, 5.74) is 4.35. The van der Waals surface area contributed by atoms with E-state index in [1.165, 1.54) is 0 Å². The highest BCUT2D eigenvalue weighted by molar-refractivity contribution is 5.76. The molecule has 3 aromatic heterocycles. The largest absolute Gasteiger partial charge is 0.357 e. The Morgan fingerprint density at radius 1 is 0.964 bits per heavy atom. The molecule has 1 atom stereocenters. The van der Waals surface area contributed by atoms with Crippen molar-refractivity contribution in [3.05, 3.63) is 71.9 Å². The summed E-state index contributed by atoms with van der Waals surface area (Å²) in [6, 6.07) is 13.9. The fourth-order valence-electron chi connectivity index (χ4n) is 3.33. The van der Waals surface area contributed by atoms with Crippen LogP contribution in [0.1, 0.15) is 23.3 Å². The Labute approximate surface area is 163 Å². The zero-order valence-corrected chi connectivity index (χ0v) is 16.4. The molecule has 0 amide bonds. The Morgan fingerprint density at radius 2 is 1.68 bits per heavy atom. The molecule has 0 saturated carbocycles. The van der Waals surface area contributed by atoms with Crippen LogP contribution in [0.15, 0.2) is 54.9 Å². The summed E-state index contributed by atoms with van der Waals surface area (Å²) in [6.45, 7) is 3.91. The number of rotatable bonds is 5. The number of hydrogen-bond donors (Lipinski definition) is 0. The van der Waals surface area contributed by atoms with Crippen LogP contribution in [-0.4, -0.2) is 38.7 Å². The lowest BCUT2D eigenvalue weighted by Gasteiger charge is -2.21. The highest BCUT2D eigenvalue weighted by atomic mass is 16.5. The van der Waals surface area contributed by atoms with Crippen LogP contribution in [0.25, 0.3) is 11.2 Å². The summed E-state index contributed by atoms with van der Waals surface area (Å²) in [6.07, 6.45) is 3.18. The number of pyridine rings is 1. The Balaban J connectivity index is 1.88. The van der Waals surface area contributed by atoms with Gasteiger partial charge in [-0.1, -0.05) is 30.3 Å². The summed E-state index contributed by atoms with van der Waals surface area (Å²) in [5, 5.41) is 0. The third-order valence-corrected chi connectivity index (χ3v) is 4.77. The van der Waals surface area contributed by atoms with Crippen molar-refractivity contribution < 1.29 is 4.74 Å². The second-order valence-corrected chi connectivity index (χ2v) is 6.57. The number of anilines is 2. The van der Waals surface area contributed by atoms with Gasteiger partial charge in [-0.3, -0.25) is 9.55 Å². The van der Waals surface area contributed by atoms with Gasteiger partial charge in [0.05, 0.1) is 5.69 Å². The van der Waals surface area contributed by atoms with Gasteiger partial charge in [0.1, 0.15) is 11.3 Å². The van der Waals surface area contributed by atoms with Crippen molar-refractivity contribution >= 4 is 22.8 Å². The monoisotopic (exact) mass is 374 g/mol. The SMILES string of the molecule is COC(c1ccccc1)n1c(C)nc2c(C)nc(N(C)c3ccncc3)nc21. The maximum absolute atomic E-state index is 5.84. The van der Waals surface area contributed by atoms with E-state index in [0.29, 0.717) is 5.95 Å². The van der Waals surface area contributed by atoms with Crippen molar-refractivity contribution in [1.82, 2.24) is 24.5 Å². The van der Waals surface area contributed by atoms with E-state index < -0.39 is 0 Å². The van der Waals surface area contributed by atoms with E-state index in [1.54, 1.807) is 19.5 Å². The molecule has 0 aliphatic rings. The normalized spacial score (nSPS) is 12.3. The molecule has 7 nitrogen and oxygen atoms in total. The topological polar surface area (TPSA) is 69.0 Å². The van der Waals surface area contributed by atoms with Gasteiger partial charge in [0.15, 0.2) is 11.9 Å². The molecule has 3 heterocycles. The minimum absolute atomic E-state index is 0.320. The first kappa shape index (κ1) is 18.1. The van der Waals surface area contributed by atoms with Crippen LogP contribution in [0, 0.1) is 13.8 Å². The lowest BCUT2D eigenvalue weighted by atomic mass is 10.2. The first-order valence-electron chi connectivity index (χ1n) is 9.05. The molecule has 1 aromatic carbocycles. The van der Waals surface area contributed by atoms with Crippen molar-refractivity contribution in [3.63, 3.8) is 0 Å². The van der Waals surface area contributed by atoms with E-state index in [1.807, 2.05) is 72.8 Å². The van der Waals surface area contributed by atoms with Crippen LogP contribution in [0.5, 0.6) is 0 Å². The van der Waals surface area contributed by atoms with E-state index in [-0.39, 0.29) is 6.23 Å². The summed E-state index contributed by atoms with van der Waals surface area (Å²) in [5.74, 6) is 1.42. The molecule has 0 aliphatic carbocycles. The van der Waals surface area contributed by atoms with Crippen molar-refractivity contribution in [3.8, 4) is 0 Å². The maximum Gasteiger partial charge on any atom is 0.231 e. The minimum Gasteiger partial charge on any atom is -0.357 e. The third-order valence-electron chi connectivity index (χ3n) is 4.77. The number of imidazole rings is 1. The Hall–Kier alpha value is -3.32. The molecule has 1 unspecified atom stereocenters. The third kappa shape index (κ3) is 3.10. The molecule has 0 radical (unpaired) electrons. The highest BCUT2D eigenvalue weighted by Crippen LogP contribution is 2.29. The molecule has 4 aromatic rings. The molecule has 4 rings (SSSR count). The van der Waals surface area contributed by atoms with Crippen molar-refractivity contribution in [2.45, 2.75) is 20.1 Å². The Kier molecular flexibility index (Phi) is 4.75. The number of methoxy groups -OCH3 is 1. The smallest absolute Gasteiger partial charge is 0.231 e. The second-order valence-electron chi connectivity index (χ2n) is 6.57. The zero-order chi connectivity index (χ0) is 19.7. The number of benzene rings is 1. The number of nitrogens with zero attached hydrogens (tertiary/aromatic N) is 6. The summed E-state index contributed by atoms with van der Waals surface area (Å²) in [4.78, 5) is 20.2. The van der Waals surface area contributed by atoms with E-state index >= 15 is 0 Å². The highest BCUT2D eigenvalue weighted by Gasteiger charge is 2.22. The summed E-state index contributed by atoms with van der Waals surface area (Å²) < 4.78 is 7.85. The van der Waals surface area contributed by atoms with Gasteiger partial charge in [0, 0.05) is 37.8 Å². The van der Waals surface area contributed by atoms with Crippen molar-refractivity contribution in [1.29, 1.82) is 0 Å². The molecule has 0 saturated heterocycles. The average molecular weight is 374 g/mol. The van der Waals surface area contributed by atoms with Crippen molar-refractivity contribution in [2.24, 2.45) is 0 Å². The van der Waals surface area contributed by atoms with Crippen LogP contribution >= 0.6 is 0 Å². The van der Waals surface area contributed by atoms with E-state index in [2.05, 4.69) is 9.97 Å². The van der Waals surface area contributed by atoms with Crippen LogP contribution in [-0.2, 0) is 4.74 Å². The summed E-state index contributed by atoms with van der Waals surface area (Å²) in [7, 11) is 3.63. The molecule has 7 heteroatoms. The van der Waals surface area contributed by atoms with Gasteiger partial charge in [0.2, 0.25) is 5.95 Å². The van der Waals surface area contributed by atoms with Gasteiger partial charge in [-0.15, -0.1) is 0 Å². The van der Waals surface area contributed by atoms with Gasteiger partial charge in [-0.25, -0.2) is 9.97 Å². The predicted octanol–water partition coefficient (Wildman–Crippen LogP) is 3.80. The number of fused-ring (bicyclic) bond motifs is 1. The molecule has 28 heavy (non-hydrogen) atoms. The zero-order valence-electron chi connectivity index (χ0n) is 16.4. The molecule has 0 N–H and O–H groups in total. The lowest BCUT2D eigenvalue weighted by Crippen LogP contribution is -2.17. The van der Waals surface area contributed by atoms with Crippen molar-refractivity contribution in [2.75, 3.05) is 19.1 Å². The number of aryl methyl sites for hydroxylation is 2. The van der Waals surface area contributed by atoms with Gasteiger partial charge in [-0.05, 0) is 26.0 Å². The minimum atomic E-state index is -0.320. The molecule has 0 spiro atoms. The van der Waals surface area contributed by atoms with Crippen LogP contribution in [0.3, 0.4) is 0 Å². The fourth-order valence-corrected chi connectivity index (χ4v) is 3.33. The standard InChI is InChI=1S/C21H22N6O/c1-14-18-19(25-21(23-14)26(3)17-10-12-22-13-11-17)27(15(2)24-18)20(28-4)16-8-6-5-7-9-16/h5-13,20H,1-4H3. The van der Waals surface area contributed by atoms with E-state index in [4.69, 9.17) is 14.7 Å². The number of ether oxygens (including phenoxy) is 1. The van der Waals surface area contributed by atoms with Gasteiger partial charge < -0.3 is 9.64 Å². The van der Waals surface area contributed by atoms with Crippen LogP contribution in [0.2, 0.25) is 0 Å². The molecule has 0 aliphatic heterocycles. The fraction of sp³-hybridized carbons (Fsp3) is 0.238. The summed E-state index contributed by atoms with van der Waals surface area (Å²) >= 11 is 0. The quantitative estimate of drug-likeness (QED) is 0.529. The average Bonchev–Trinajstić information content (AvgIpc) is 3.06. The predicted molar refractivity (Wildman–Crippen MR) is 109 cm³/mol. The Morgan fingerprint density at radius 3 is 2.36 bits per heavy atom. The first-order valence-corrected chi connectivity index (χ1v) is 9.05. The first-order chi connectivity index (χ1) is 13.6. The molecular formula is C21H22N6O. The van der Waals surface area contributed by atoms with E-state index in [9.17, 15) is 0 Å². The number of hydrogen-bond acceptors (Lipinski definition) is 6. The van der Waals surface area contributed by atoms with Gasteiger partial charge in [-0.2, -0.15) is 4.98 Å². The molecule has 0 bridgehead atoms. The van der Waals surface area contributed by atoms with Gasteiger partial charge >= 0.3 is 0 Å². The van der Waals surface area contributed by atoms with Gasteiger partial charge in [0.25, 0.3) is 0 Å². The second kappa shape index (κ2) is 7.36. The lowest BCUT2D eigenvalue weighted by molar-refractivity contribution is 0.0797. The molecular weight excluding hydrogens is 352 g/mol. The van der Waals surface area contributed by atoms with E-state index in [0.717, 1.165) is 33.9 Å². The number of aromatic nitrogens is 5. The molecule has 142 valence electrons. The van der Waals surface area contributed by atoms with Crippen LogP contribution in [0.4, 0.5) is 11.6 Å². The van der Waals surface area contributed by atoms with Crippen LogP contribution < -0.4 is 4.90 Å². The maximum atomic E-state index is 5.84.